The number of hydrogen-bond acceptors (Lipinski definition) is 6. The molecule has 0 saturated carbocycles. The molecule has 1 amide bonds. The standard InChI is InChI=1S/C27H29N3O5/c1-5-6-11-24(31)29-25-17(2)26(30(33)34)23(28-18(25)3)16-19-12-14-20(15-13-19)21-9-7-8-10-22(21)27(32)35-4/h7-10,12-15H,5-6,11,16H2,1-4H3,(H,29,31). The van der Waals surface area contributed by atoms with E-state index in [-0.39, 0.29) is 18.0 Å². The van der Waals surface area contributed by atoms with Crippen LogP contribution >= 0.6 is 0 Å². The van der Waals surface area contributed by atoms with Crippen molar-refractivity contribution in [2.75, 3.05) is 12.4 Å². The number of nitrogens with zero attached hydrogens (tertiary/aromatic N) is 2. The molecule has 182 valence electrons. The highest BCUT2D eigenvalue weighted by atomic mass is 16.6. The lowest BCUT2D eigenvalue weighted by atomic mass is 9.97. The smallest absolute Gasteiger partial charge is 0.338 e. The van der Waals surface area contributed by atoms with E-state index in [1.54, 1.807) is 26.0 Å². The molecule has 35 heavy (non-hydrogen) atoms. The number of nitro groups is 1. The van der Waals surface area contributed by atoms with Gasteiger partial charge in [-0.05, 0) is 43.0 Å². The van der Waals surface area contributed by atoms with Crippen LogP contribution in [-0.4, -0.2) is 28.9 Å². The highest BCUT2D eigenvalue weighted by Crippen LogP contribution is 2.33. The maximum atomic E-state index is 12.2. The number of esters is 1. The van der Waals surface area contributed by atoms with Crippen LogP contribution in [0, 0.1) is 24.0 Å². The second-order valence-electron chi connectivity index (χ2n) is 8.31. The van der Waals surface area contributed by atoms with Crippen molar-refractivity contribution in [3.05, 3.63) is 86.7 Å². The van der Waals surface area contributed by atoms with Crippen molar-refractivity contribution in [3.63, 3.8) is 0 Å². The topological polar surface area (TPSA) is 111 Å². The predicted octanol–water partition coefficient (Wildman–Crippen LogP) is 5.78. The van der Waals surface area contributed by atoms with E-state index >= 15 is 0 Å². The van der Waals surface area contributed by atoms with Gasteiger partial charge in [0.25, 0.3) is 5.69 Å². The summed E-state index contributed by atoms with van der Waals surface area (Å²) in [6, 6.07) is 14.6. The Morgan fingerprint density at radius 1 is 1.09 bits per heavy atom. The minimum Gasteiger partial charge on any atom is -0.465 e. The molecule has 0 spiro atoms. The van der Waals surface area contributed by atoms with Crippen LogP contribution in [0.5, 0.6) is 0 Å². The Balaban J connectivity index is 1.91. The molecular weight excluding hydrogens is 446 g/mol. The Labute approximate surface area is 204 Å². The number of anilines is 1. The van der Waals surface area contributed by atoms with Gasteiger partial charge >= 0.3 is 5.97 Å². The van der Waals surface area contributed by atoms with E-state index < -0.39 is 10.9 Å². The van der Waals surface area contributed by atoms with Gasteiger partial charge in [-0.1, -0.05) is 55.8 Å². The number of pyridine rings is 1. The summed E-state index contributed by atoms with van der Waals surface area (Å²) in [6.07, 6.45) is 2.24. The monoisotopic (exact) mass is 475 g/mol. The van der Waals surface area contributed by atoms with Gasteiger partial charge in [-0.15, -0.1) is 0 Å². The van der Waals surface area contributed by atoms with E-state index in [1.165, 1.54) is 7.11 Å². The zero-order chi connectivity index (χ0) is 25.5. The highest BCUT2D eigenvalue weighted by Gasteiger charge is 2.25. The number of aryl methyl sites for hydroxylation is 1. The fraction of sp³-hybridized carbons (Fsp3) is 0.296. The van der Waals surface area contributed by atoms with Crippen LogP contribution in [0.25, 0.3) is 11.1 Å². The number of benzene rings is 2. The molecule has 1 aromatic heterocycles. The van der Waals surface area contributed by atoms with Crippen molar-refractivity contribution in [2.24, 2.45) is 0 Å². The molecule has 3 rings (SSSR count). The molecule has 0 aliphatic heterocycles. The lowest BCUT2D eigenvalue weighted by molar-refractivity contribution is -0.386. The van der Waals surface area contributed by atoms with E-state index in [4.69, 9.17) is 4.74 Å². The van der Waals surface area contributed by atoms with Gasteiger partial charge in [0.2, 0.25) is 5.91 Å². The van der Waals surface area contributed by atoms with Crippen molar-refractivity contribution in [1.82, 2.24) is 4.98 Å². The first-order valence-corrected chi connectivity index (χ1v) is 11.5. The van der Waals surface area contributed by atoms with Gasteiger partial charge in [0.15, 0.2) is 0 Å². The summed E-state index contributed by atoms with van der Waals surface area (Å²) in [4.78, 5) is 40.3. The maximum Gasteiger partial charge on any atom is 0.338 e. The molecule has 0 aliphatic rings. The summed E-state index contributed by atoms with van der Waals surface area (Å²) in [5.74, 6) is -0.595. The maximum absolute atomic E-state index is 12.2. The van der Waals surface area contributed by atoms with Crippen molar-refractivity contribution < 1.29 is 19.2 Å². The molecule has 2 aromatic carbocycles. The second kappa shape index (κ2) is 11.4. The SMILES string of the molecule is CCCCC(=O)Nc1c(C)nc(Cc2ccc(-c3ccccc3C(=O)OC)cc2)c([N+](=O)[O-])c1C. The zero-order valence-corrected chi connectivity index (χ0v) is 20.4. The van der Waals surface area contributed by atoms with Crippen LogP contribution in [0.15, 0.2) is 48.5 Å². The Bertz CT molecular complexity index is 1250. The number of carbonyl (C=O) groups is 2. The van der Waals surface area contributed by atoms with E-state index in [1.807, 2.05) is 43.3 Å². The molecule has 0 unspecified atom stereocenters. The fourth-order valence-electron chi connectivity index (χ4n) is 4.02. The van der Waals surface area contributed by atoms with Crippen molar-refractivity contribution in [3.8, 4) is 11.1 Å². The lowest BCUT2D eigenvalue weighted by Crippen LogP contribution is -2.16. The summed E-state index contributed by atoms with van der Waals surface area (Å²) < 4.78 is 4.87. The Hall–Kier alpha value is -4.07. The molecule has 0 saturated heterocycles. The van der Waals surface area contributed by atoms with Gasteiger partial charge in [-0.3, -0.25) is 14.9 Å². The number of aromatic nitrogens is 1. The van der Waals surface area contributed by atoms with Gasteiger partial charge in [-0.25, -0.2) is 9.78 Å². The number of methoxy groups -OCH3 is 1. The van der Waals surface area contributed by atoms with Crippen molar-refractivity contribution in [2.45, 2.75) is 46.5 Å². The summed E-state index contributed by atoms with van der Waals surface area (Å²) in [7, 11) is 1.34. The number of unbranched alkanes of at least 4 members (excludes halogenated alkanes) is 1. The average molecular weight is 476 g/mol. The van der Waals surface area contributed by atoms with Crippen LogP contribution in [0.1, 0.15) is 59.1 Å². The van der Waals surface area contributed by atoms with Crippen LogP contribution in [0.3, 0.4) is 0 Å². The molecule has 0 radical (unpaired) electrons. The number of amides is 1. The average Bonchev–Trinajstić information content (AvgIpc) is 2.85. The van der Waals surface area contributed by atoms with E-state index in [0.717, 1.165) is 29.5 Å². The number of ether oxygens (including phenoxy) is 1. The molecule has 1 heterocycles. The minimum absolute atomic E-state index is 0.0958. The first kappa shape index (κ1) is 25.6. The van der Waals surface area contributed by atoms with E-state index in [2.05, 4.69) is 10.3 Å². The van der Waals surface area contributed by atoms with Gasteiger partial charge in [-0.2, -0.15) is 0 Å². The zero-order valence-electron chi connectivity index (χ0n) is 20.4. The van der Waals surface area contributed by atoms with Gasteiger partial charge in [0.05, 0.1) is 34.5 Å². The predicted molar refractivity (Wildman–Crippen MR) is 135 cm³/mol. The van der Waals surface area contributed by atoms with Crippen molar-refractivity contribution >= 4 is 23.3 Å². The third-order valence-corrected chi connectivity index (χ3v) is 5.84. The van der Waals surface area contributed by atoms with Crippen LogP contribution in [-0.2, 0) is 16.0 Å². The highest BCUT2D eigenvalue weighted by molar-refractivity contribution is 5.97. The van der Waals surface area contributed by atoms with Crippen LogP contribution in [0.2, 0.25) is 0 Å². The molecule has 0 fully saturated rings. The number of nitrogens with one attached hydrogen (secondary N) is 1. The Kier molecular flexibility index (Phi) is 8.30. The summed E-state index contributed by atoms with van der Waals surface area (Å²) >= 11 is 0. The lowest BCUT2D eigenvalue weighted by Gasteiger charge is -2.14. The molecule has 0 atom stereocenters. The van der Waals surface area contributed by atoms with Crippen molar-refractivity contribution in [1.29, 1.82) is 0 Å². The molecule has 8 nitrogen and oxygen atoms in total. The third-order valence-electron chi connectivity index (χ3n) is 5.84. The molecule has 8 heteroatoms. The molecule has 0 aliphatic carbocycles. The van der Waals surface area contributed by atoms with Gasteiger partial charge in [0, 0.05) is 12.8 Å². The number of carbonyl (C=O) groups excluding carboxylic acids is 2. The second-order valence-corrected chi connectivity index (χ2v) is 8.31. The quantitative estimate of drug-likeness (QED) is 0.239. The summed E-state index contributed by atoms with van der Waals surface area (Å²) in [6.45, 7) is 5.37. The van der Waals surface area contributed by atoms with E-state index in [0.29, 0.717) is 34.6 Å². The summed E-state index contributed by atoms with van der Waals surface area (Å²) in [5.41, 5.74) is 4.43. The first-order valence-electron chi connectivity index (χ1n) is 11.5. The van der Waals surface area contributed by atoms with Gasteiger partial charge < -0.3 is 10.1 Å². The molecule has 3 aromatic rings. The van der Waals surface area contributed by atoms with Crippen LogP contribution < -0.4 is 5.32 Å². The first-order chi connectivity index (χ1) is 16.8. The normalized spacial score (nSPS) is 10.6. The molecule has 0 bridgehead atoms. The van der Waals surface area contributed by atoms with Gasteiger partial charge in [0.1, 0.15) is 5.69 Å². The third kappa shape index (κ3) is 5.90. The largest absolute Gasteiger partial charge is 0.465 e. The molecule has 1 N–H and O–H groups in total. The summed E-state index contributed by atoms with van der Waals surface area (Å²) in [5, 5.41) is 14.7. The number of hydrogen-bond donors (Lipinski definition) is 1. The minimum atomic E-state index is -0.445. The number of rotatable bonds is 9. The Morgan fingerprint density at radius 3 is 2.40 bits per heavy atom. The van der Waals surface area contributed by atoms with Crippen LogP contribution in [0.4, 0.5) is 11.4 Å². The molecular formula is C27H29N3O5. The van der Waals surface area contributed by atoms with E-state index in [9.17, 15) is 19.7 Å². The Morgan fingerprint density at radius 2 is 1.77 bits per heavy atom. The fourth-order valence-corrected chi connectivity index (χ4v) is 4.02.